The van der Waals surface area contributed by atoms with Gasteiger partial charge in [-0.1, -0.05) is 42.1 Å². The number of nitrogens with one attached hydrogen (secondary N) is 2. The van der Waals surface area contributed by atoms with Gasteiger partial charge in [-0.3, -0.25) is 20.4 Å². The average molecular weight is 485 g/mol. The zero-order valence-electron chi connectivity index (χ0n) is 14.5. The number of fused-ring (bicyclic) bond motifs is 1. The zero-order chi connectivity index (χ0) is 21.0. The van der Waals surface area contributed by atoms with Crippen molar-refractivity contribution in [3.8, 4) is 0 Å². The normalized spacial score (nSPS) is 11.3. The topological polar surface area (TPSA) is 84.0 Å². The lowest BCUT2D eigenvalue weighted by molar-refractivity contribution is -0.145. The lowest BCUT2D eigenvalue weighted by Gasteiger charge is -2.11. The van der Waals surface area contributed by atoms with E-state index in [1.165, 1.54) is 6.07 Å². The Morgan fingerprint density at radius 3 is 2.41 bits per heavy atom. The van der Waals surface area contributed by atoms with E-state index >= 15 is 0 Å². The molecule has 6 nitrogen and oxygen atoms in total. The van der Waals surface area contributed by atoms with Crippen LogP contribution in [-0.4, -0.2) is 27.5 Å². The Labute approximate surface area is 175 Å². The molecule has 29 heavy (non-hydrogen) atoms. The summed E-state index contributed by atoms with van der Waals surface area (Å²) in [7, 11) is 0. The first-order valence-corrected chi connectivity index (χ1v) is 9.84. The van der Waals surface area contributed by atoms with Gasteiger partial charge in [0.05, 0.1) is 16.8 Å². The number of rotatable bonds is 4. The maximum atomic E-state index is 13.0. The third-order valence-corrected chi connectivity index (χ3v) is 5.28. The van der Waals surface area contributed by atoms with Crippen molar-refractivity contribution in [2.75, 3.05) is 5.75 Å². The van der Waals surface area contributed by atoms with Gasteiger partial charge in [0.15, 0.2) is 0 Å². The number of carbonyl (C=O) groups is 2. The highest BCUT2D eigenvalue weighted by molar-refractivity contribution is 9.10. The number of para-hydroxylation sites is 1. The summed E-state index contributed by atoms with van der Waals surface area (Å²) in [4.78, 5) is 31.2. The van der Waals surface area contributed by atoms with Gasteiger partial charge in [-0.2, -0.15) is 13.2 Å². The van der Waals surface area contributed by atoms with Crippen LogP contribution in [-0.2, 0) is 11.0 Å². The van der Waals surface area contributed by atoms with Crippen LogP contribution in [0.5, 0.6) is 0 Å². The Morgan fingerprint density at radius 2 is 1.69 bits per heavy atom. The molecule has 0 saturated heterocycles. The SMILES string of the molecule is O=C(CSc1nc(C(F)(F)F)nc2ccccc12)NNC(=O)c1ccccc1Br. The van der Waals surface area contributed by atoms with Gasteiger partial charge in [-0.15, -0.1) is 0 Å². The maximum Gasteiger partial charge on any atom is 0.451 e. The summed E-state index contributed by atoms with van der Waals surface area (Å²) >= 11 is 4.04. The summed E-state index contributed by atoms with van der Waals surface area (Å²) in [6.45, 7) is 0. The van der Waals surface area contributed by atoms with E-state index in [4.69, 9.17) is 0 Å². The lowest BCUT2D eigenvalue weighted by Crippen LogP contribution is -2.42. The number of thioether (sulfide) groups is 1. The molecular formula is C18H12BrF3N4O2S. The predicted octanol–water partition coefficient (Wildman–Crippen LogP) is 3.96. The highest BCUT2D eigenvalue weighted by Gasteiger charge is 2.35. The minimum Gasteiger partial charge on any atom is -0.272 e. The molecule has 11 heteroatoms. The summed E-state index contributed by atoms with van der Waals surface area (Å²) in [5.74, 6) is -2.68. The second-order valence-corrected chi connectivity index (χ2v) is 7.46. The minimum atomic E-state index is -4.71. The molecule has 0 atom stereocenters. The second-order valence-electron chi connectivity index (χ2n) is 5.64. The third kappa shape index (κ3) is 5.24. The van der Waals surface area contributed by atoms with E-state index in [-0.39, 0.29) is 16.3 Å². The van der Waals surface area contributed by atoms with Crippen molar-refractivity contribution in [3.63, 3.8) is 0 Å². The van der Waals surface area contributed by atoms with E-state index in [2.05, 4.69) is 36.7 Å². The molecule has 0 fully saturated rings. The van der Waals surface area contributed by atoms with Crippen molar-refractivity contribution in [2.45, 2.75) is 11.2 Å². The average Bonchev–Trinajstić information content (AvgIpc) is 2.69. The first-order valence-electron chi connectivity index (χ1n) is 8.06. The molecule has 0 unspecified atom stereocenters. The summed E-state index contributed by atoms with van der Waals surface area (Å²) in [6, 6.07) is 12.8. The monoisotopic (exact) mass is 484 g/mol. The Hall–Kier alpha value is -2.66. The standard InChI is InChI=1S/C18H12BrF3N4O2S/c19-12-7-3-1-5-10(12)15(28)26-25-14(27)9-29-16-11-6-2-4-8-13(11)23-17(24-16)18(20,21)22/h1-8H,9H2,(H,25,27)(H,26,28). The Morgan fingerprint density at radius 1 is 1.00 bits per heavy atom. The molecular weight excluding hydrogens is 473 g/mol. The second kappa shape index (κ2) is 8.78. The molecule has 1 heterocycles. The molecule has 0 spiro atoms. The van der Waals surface area contributed by atoms with Crippen LogP contribution in [0.3, 0.4) is 0 Å². The van der Waals surface area contributed by atoms with Gasteiger partial charge >= 0.3 is 6.18 Å². The summed E-state index contributed by atoms with van der Waals surface area (Å²) < 4.78 is 39.6. The molecule has 0 aliphatic rings. The fourth-order valence-corrected chi connectivity index (χ4v) is 3.58. The molecule has 2 aromatic carbocycles. The van der Waals surface area contributed by atoms with Crippen LogP contribution >= 0.6 is 27.7 Å². The molecule has 0 bridgehead atoms. The molecule has 0 aliphatic heterocycles. The highest BCUT2D eigenvalue weighted by Crippen LogP contribution is 2.31. The van der Waals surface area contributed by atoms with Crippen molar-refractivity contribution in [1.29, 1.82) is 0 Å². The van der Waals surface area contributed by atoms with E-state index < -0.39 is 23.8 Å². The maximum absolute atomic E-state index is 13.0. The highest BCUT2D eigenvalue weighted by atomic mass is 79.9. The summed E-state index contributed by atoms with van der Waals surface area (Å²) in [5.41, 5.74) is 4.92. The number of carbonyl (C=O) groups excluding carboxylic acids is 2. The van der Waals surface area contributed by atoms with Gasteiger partial charge in [-0.25, -0.2) is 9.97 Å². The fraction of sp³-hybridized carbons (Fsp3) is 0.111. The largest absolute Gasteiger partial charge is 0.451 e. The molecule has 3 aromatic rings. The van der Waals surface area contributed by atoms with Crippen molar-refractivity contribution < 1.29 is 22.8 Å². The Balaban J connectivity index is 1.68. The molecule has 0 radical (unpaired) electrons. The lowest BCUT2D eigenvalue weighted by atomic mass is 10.2. The van der Waals surface area contributed by atoms with E-state index in [0.29, 0.717) is 15.4 Å². The van der Waals surface area contributed by atoms with Crippen molar-refractivity contribution >= 4 is 50.4 Å². The van der Waals surface area contributed by atoms with Gasteiger partial charge in [0, 0.05) is 9.86 Å². The van der Waals surface area contributed by atoms with Gasteiger partial charge < -0.3 is 0 Å². The number of hydrazine groups is 1. The number of amides is 2. The van der Waals surface area contributed by atoms with Crippen molar-refractivity contribution in [1.82, 2.24) is 20.8 Å². The first kappa shape index (κ1) is 21.1. The van der Waals surface area contributed by atoms with Crippen molar-refractivity contribution in [2.24, 2.45) is 0 Å². The number of halogens is 4. The molecule has 2 amide bonds. The number of alkyl halides is 3. The summed E-state index contributed by atoms with van der Waals surface area (Å²) in [6.07, 6.45) is -4.71. The predicted molar refractivity (Wildman–Crippen MR) is 105 cm³/mol. The number of aromatic nitrogens is 2. The van der Waals surface area contributed by atoms with Crippen LogP contribution in [0.4, 0.5) is 13.2 Å². The van der Waals surface area contributed by atoms with Gasteiger partial charge in [0.2, 0.25) is 11.7 Å². The quantitative estimate of drug-likeness (QED) is 0.332. The van der Waals surface area contributed by atoms with Crippen LogP contribution in [0.2, 0.25) is 0 Å². The van der Waals surface area contributed by atoms with Crippen LogP contribution in [0.1, 0.15) is 16.2 Å². The van der Waals surface area contributed by atoms with E-state index in [1.54, 1.807) is 42.5 Å². The van der Waals surface area contributed by atoms with Gasteiger partial charge in [0.1, 0.15) is 5.03 Å². The van der Waals surface area contributed by atoms with E-state index in [1.807, 2.05) is 0 Å². The van der Waals surface area contributed by atoms with Crippen LogP contribution in [0, 0.1) is 0 Å². The Kier molecular flexibility index (Phi) is 6.38. The molecule has 0 saturated carbocycles. The third-order valence-electron chi connectivity index (χ3n) is 3.60. The van der Waals surface area contributed by atoms with Crippen LogP contribution < -0.4 is 10.9 Å². The molecule has 3 rings (SSSR count). The number of nitrogens with zero attached hydrogens (tertiary/aromatic N) is 2. The Bertz CT molecular complexity index is 1080. The summed E-state index contributed by atoms with van der Waals surface area (Å²) in [5, 5.41) is 0.422. The fourth-order valence-electron chi connectivity index (χ4n) is 2.29. The smallest absolute Gasteiger partial charge is 0.272 e. The number of hydrogen-bond acceptors (Lipinski definition) is 5. The number of benzene rings is 2. The van der Waals surface area contributed by atoms with Crippen molar-refractivity contribution in [3.05, 3.63) is 64.4 Å². The van der Waals surface area contributed by atoms with Gasteiger partial charge in [0.25, 0.3) is 5.91 Å². The van der Waals surface area contributed by atoms with Crippen LogP contribution in [0.15, 0.2) is 58.0 Å². The van der Waals surface area contributed by atoms with Crippen LogP contribution in [0.25, 0.3) is 10.9 Å². The molecule has 150 valence electrons. The number of hydrogen-bond donors (Lipinski definition) is 2. The zero-order valence-corrected chi connectivity index (χ0v) is 16.9. The molecule has 0 aliphatic carbocycles. The van der Waals surface area contributed by atoms with Gasteiger partial charge in [-0.05, 0) is 34.1 Å². The molecule has 1 aromatic heterocycles. The molecule has 2 N–H and O–H groups in total. The van der Waals surface area contributed by atoms with E-state index in [9.17, 15) is 22.8 Å². The first-order chi connectivity index (χ1) is 13.8. The minimum absolute atomic E-state index is 0.0233. The van der Waals surface area contributed by atoms with E-state index in [0.717, 1.165) is 11.8 Å².